The van der Waals surface area contributed by atoms with Gasteiger partial charge < -0.3 is 4.57 Å². The Morgan fingerprint density at radius 1 is 0.970 bits per heavy atom. The third kappa shape index (κ3) is 4.62. The number of pyridine rings is 1. The monoisotopic (exact) mass is 514 g/mol. The van der Waals surface area contributed by atoms with Crippen LogP contribution in [0.15, 0.2) is 112 Å². The van der Waals surface area contributed by atoms with E-state index in [4.69, 9.17) is 10.1 Å². The molecule has 0 saturated heterocycles. The Labute approximate surface area is 203 Å². The molecule has 6 nitrogen and oxygen atoms in total. The molecule has 0 N–H and O–H groups in total. The van der Waals surface area contributed by atoms with Crippen molar-refractivity contribution in [2.45, 2.75) is 6.92 Å². The van der Waals surface area contributed by atoms with Gasteiger partial charge in [-0.2, -0.15) is 5.10 Å². The van der Waals surface area contributed by atoms with Gasteiger partial charge in [0.15, 0.2) is 0 Å². The van der Waals surface area contributed by atoms with Crippen molar-refractivity contribution in [1.29, 1.82) is 0 Å². The van der Waals surface area contributed by atoms with Crippen molar-refractivity contribution in [2.24, 2.45) is 10.1 Å². The number of aromatic nitrogens is 4. The predicted octanol–water partition coefficient (Wildman–Crippen LogP) is 6.06. The Morgan fingerprint density at radius 3 is 2.55 bits per heavy atom. The highest BCUT2D eigenvalue weighted by Crippen LogP contribution is 2.28. The van der Waals surface area contributed by atoms with Crippen molar-refractivity contribution in [1.82, 2.24) is 19.2 Å². The van der Waals surface area contributed by atoms with Gasteiger partial charge in [0.1, 0.15) is 0 Å². The Bertz CT molecular complexity index is 1470. The van der Waals surface area contributed by atoms with Gasteiger partial charge in [-0.15, -0.1) is 11.3 Å². The number of benzene rings is 2. The van der Waals surface area contributed by atoms with Crippen molar-refractivity contribution in [3.05, 3.63) is 112 Å². The van der Waals surface area contributed by atoms with E-state index in [1.54, 1.807) is 36.3 Å². The number of hydrogen-bond donors (Lipinski definition) is 0. The molecule has 0 aliphatic carbocycles. The normalized spacial score (nSPS) is 12.3. The summed E-state index contributed by atoms with van der Waals surface area (Å²) in [5, 5.41) is 7.06. The van der Waals surface area contributed by atoms with Gasteiger partial charge in [-0.1, -0.05) is 46.3 Å². The van der Waals surface area contributed by atoms with Crippen molar-refractivity contribution in [3.8, 4) is 16.9 Å². The fourth-order valence-electron chi connectivity index (χ4n) is 3.35. The van der Waals surface area contributed by atoms with E-state index in [0.717, 1.165) is 43.2 Å². The lowest BCUT2D eigenvalue weighted by Crippen LogP contribution is -2.14. The fourth-order valence-corrected chi connectivity index (χ4v) is 4.68. The van der Waals surface area contributed by atoms with Gasteiger partial charge in [-0.05, 0) is 42.8 Å². The van der Waals surface area contributed by atoms with Gasteiger partial charge >= 0.3 is 0 Å². The van der Waals surface area contributed by atoms with Crippen molar-refractivity contribution in [3.63, 3.8) is 0 Å². The molecule has 8 heteroatoms. The van der Waals surface area contributed by atoms with E-state index in [1.807, 2.05) is 52.7 Å². The molecular formula is C25H19BrN6S. The summed E-state index contributed by atoms with van der Waals surface area (Å²) in [6.45, 7) is 2.01. The van der Waals surface area contributed by atoms with Gasteiger partial charge in [0.25, 0.3) is 0 Å². The van der Waals surface area contributed by atoms with E-state index < -0.39 is 0 Å². The first-order chi connectivity index (χ1) is 16.2. The number of thiazole rings is 1. The number of imidazole rings is 1. The molecule has 2 aromatic carbocycles. The first-order valence-electron chi connectivity index (χ1n) is 10.2. The van der Waals surface area contributed by atoms with E-state index in [9.17, 15) is 0 Å². The zero-order valence-electron chi connectivity index (χ0n) is 17.7. The molecule has 5 aromatic rings. The first-order valence-corrected chi connectivity index (χ1v) is 11.9. The Kier molecular flexibility index (Phi) is 6.10. The lowest BCUT2D eigenvalue weighted by atomic mass is 10.1. The molecule has 162 valence electrons. The quantitative estimate of drug-likeness (QED) is 0.267. The van der Waals surface area contributed by atoms with Crippen LogP contribution in [-0.2, 0) is 0 Å². The van der Waals surface area contributed by atoms with Gasteiger partial charge in [0.2, 0.25) is 4.80 Å². The van der Waals surface area contributed by atoms with Crippen LogP contribution in [0.5, 0.6) is 0 Å². The Hall–Kier alpha value is -3.62. The average Bonchev–Trinajstić information content (AvgIpc) is 3.51. The zero-order chi connectivity index (χ0) is 22.6. The molecule has 5 rings (SSSR count). The lowest BCUT2D eigenvalue weighted by Gasteiger charge is -2.09. The maximum atomic E-state index is 4.98. The summed E-state index contributed by atoms with van der Waals surface area (Å²) in [5.41, 5.74) is 5.75. The molecule has 3 aromatic heterocycles. The van der Waals surface area contributed by atoms with E-state index in [0.29, 0.717) is 0 Å². The average molecular weight is 515 g/mol. The predicted molar refractivity (Wildman–Crippen MR) is 136 cm³/mol. The highest BCUT2D eigenvalue weighted by molar-refractivity contribution is 9.10. The molecule has 0 fully saturated rings. The standard InChI is InChI=1S/C25H19BrN6S/c1-18(19-8-10-21(11-9-19)31-14-13-28-17-31)30-32-24(22-6-2-3-7-23(22)26)16-33-25(32)29-20-5-4-12-27-15-20/h2-17H,1H3. The molecule has 0 radical (unpaired) electrons. The van der Waals surface area contributed by atoms with Crippen molar-refractivity contribution >= 4 is 38.7 Å². The zero-order valence-corrected chi connectivity index (χ0v) is 20.1. The van der Waals surface area contributed by atoms with Crippen LogP contribution in [-0.4, -0.2) is 24.9 Å². The highest BCUT2D eigenvalue weighted by atomic mass is 79.9. The second-order valence-electron chi connectivity index (χ2n) is 7.22. The summed E-state index contributed by atoms with van der Waals surface area (Å²) in [6, 6.07) is 20.2. The Balaban J connectivity index is 1.61. The molecule has 0 unspecified atom stereocenters. The van der Waals surface area contributed by atoms with Crippen molar-refractivity contribution < 1.29 is 0 Å². The first kappa shape index (κ1) is 21.2. The molecule has 0 atom stereocenters. The number of nitrogens with zero attached hydrogens (tertiary/aromatic N) is 6. The molecule has 3 heterocycles. The number of rotatable bonds is 5. The summed E-state index contributed by atoms with van der Waals surface area (Å²) in [4.78, 5) is 13.9. The van der Waals surface area contributed by atoms with Crippen LogP contribution in [0.25, 0.3) is 16.9 Å². The minimum Gasteiger partial charge on any atom is -0.306 e. The van der Waals surface area contributed by atoms with Gasteiger partial charge in [-0.3, -0.25) is 4.98 Å². The molecular weight excluding hydrogens is 496 g/mol. The summed E-state index contributed by atoms with van der Waals surface area (Å²) >= 11 is 5.22. The van der Waals surface area contributed by atoms with E-state index in [2.05, 4.69) is 61.6 Å². The van der Waals surface area contributed by atoms with Crippen LogP contribution < -0.4 is 4.80 Å². The second kappa shape index (κ2) is 9.48. The summed E-state index contributed by atoms with van der Waals surface area (Å²) < 4.78 is 4.87. The lowest BCUT2D eigenvalue weighted by molar-refractivity contribution is 0.847. The maximum absolute atomic E-state index is 4.98. The molecule has 0 aliphatic heterocycles. The minimum atomic E-state index is 0.767. The van der Waals surface area contributed by atoms with Crippen LogP contribution in [0.4, 0.5) is 5.69 Å². The Morgan fingerprint density at radius 2 is 1.82 bits per heavy atom. The summed E-state index contributed by atoms with van der Waals surface area (Å²) in [7, 11) is 0. The van der Waals surface area contributed by atoms with Crippen LogP contribution in [0, 0.1) is 0 Å². The topological polar surface area (TPSA) is 60.4 Å². The molecule has 0 bridgehead atoms. The number of halogens is 1. The largest absolute Gasteiger partial charge is 0.306 e. The molecule has 0 amide bonds. The highest BCUT2D eigenvalue weighted by Gasteiger charge is 2.12. The maximum Gasteiger partial charge on any atom is 0.211 e. The van der Waals surface area contributed by atoms with Gasteiger partial charge in [0, 0.05) is 39.7 Å². The summed E-state index contributed by atoms with van der Waals surface area (Å²) in [6.07, 6.45) is 8.96. The van der Waals surface area contributed by atoms with E-state index in [-0.39, 0.29) is 0 Å². The molecule has 0 aliphatic rings. The molecule has 33 heavy (non-hydrogen) atoms. The third-order valence-corrected chi connectivity index (χ3v) is 6.55. The van der Waals surface area contributed by atoms with Crippen LogP contribution in [0.2, 0.25) is 0 Å². The van der Waals surface area contributed by atoms with Gasteiger partial charge in [0.05, 0.1) is 29.6 Å². The van der Waals surface area contributed by atoms with Crippen LogP contribution >= 0.6 is 27.3 Å². The van der Waals surface area contributed by atoms with E-state index >= 15 is 0 Å². The summed E-state index contributed by atoms with van der Waals surface area (Å²) in [5.74, 6) is 0. The fraction of sp³-hybridized carbons (Fsp3) is 0.0400. The van der Waals surface area contributed by atoms with Gasteiger partial charge in [-0.25, -0.2) is 14.7 Å². The van der Waals surface area contributed by atoms with Crippen molar-refractivity contribution in [2.75, 3.05) is 0 Å². The van der Waals surface area contributed by atoms with E-state index in [1.165, 1.54) is 0 Å². The molecule has 0 saturated carbocycles. The second-order valence-corrected chi connectivity index (χ2v) is 8.91. The smallest absolute Gasteiger partial charge is 0.211 e. The van der Waals surface area contributed by atoms with Crippen LogP contribution in [0.1, 0.15) is 12.5 Å². The SMILES string of the molecule is CC(=Nn1c(-c2ccccc2Br)csc1=Nc1cccnc1)c1ccc(-n2ccnc2)cc1. The van der Waals surface area contributed by atoms with Crippen LogP contribution in [0.3, 0.4) is 0 Å². The number of hydrogen-bond acceptors (Lipinski definition) is 5. The molecule has 0 spiro atoms. The third-order valence-electron chi connectivity index (χ3n) is 5.04. The minimum absolute atomic E-state index is 0.767.